The number of nitrogens with one attached hydrogen (secondary N) is 1. The first-order valence-corrected chi connectivity index (χ1v) is 11.8. The molecule has 1 aliphatic heterocycles. The van der Waals surface area contributed by atoms with E-state index in [0.29, 0.717) is 28.5 Å². The van der Waals surface area contributed by atoms with E-state index in [9.17, 15) is 0 Å². The molecule has 0 fully saturated rings. The summed E-state index contributed by atoms with van der Waals surface area (Å²) >= 11 is 12.0. The van der Waals surface area contributed by atoms with Gasteiger partial charge in [0.25, 0.3) is 5.89 Å². The summed E-state index contributed by atoms with van der Waals surface area (Å²) in [5.41, 5.74) is 3.72. The molecule has 2 heterocycles. The molecule has 8 heteroatoms. The molecule has 2 aromatic carbocycles. The van der Waals surface area contributed by atoms with E-state index in [0.717, 1.165) is 35.4 Å². The average molecular weight is 483 g/mol. The Bertz CT molecular complexity index is 1150. The molecule has 4 rings (SSSR count). The van der Waals surface area contributed by atoms with Crippen molar-refractivity contribution >= 4 is 34.5 Å². The van der Waals surface area contributed by atoms with Crippen LogP contribution < -0.4 is 5.32 Å². The summed E-state index contributed by atoms with van der Waals surface area (Å²) in [6.45, 7) is 7.49. The van der Waals surface area contributed by atoms with Gasteiger partial charge in [-0.15, -0.1) is 0 Å². The average Bonchev–Trinajstić information content (AvgIpc) is 3.28. The summed E-state index contributed by atoms with van der Waals surface area (Å²) in [4.78, 5) is 6.80. The van der Waals surface area contributed by atoms with Gasteiger partial charge in [-0.25, -0.2) is 0 Å². The van der Waals surface area contributed by atoms with Crippen LogP contribution in [0.3, 0.4) is 0 Å². The van der Waals surface area contributed by atoms with E-state index >= 15 is 0 Å². The zero-order valence-electron chi connectivity index (χ0n) is 18.9. The molecule has 6 nitrogen and oxygen atoms in total. The van der Waals surface area contributed by atoms with E-state index in [1.165, 1.54) is 0 Å². The molecule has 0 radical (unpaired) electrons. The molecule has 0 saturated heterocycles. The Hall–Kier alpha value is -2.74. The van der Waals surface area contributed by atoms with Crippen LogP contribution in [0.5, 0.6) is 0 Å². The molecule has 0 saturated carbocycles. The summed E-state index contributed by atoms with van der Waals surface area (Å²) in [7, 11) is 0. The highest BCUT2D eigenvalue weighted by Gasteiger charge is 2.34. The third kappa shape index (κ3) is 5.43. The molecule has 0 spiro atoms. The number of rotatable bonds is 8. The fourth-order valence-electron chi connectivity index (χ4n) is 3.84. The summed E-state index contributed by atoms with van der Waals surface area (Å²) in [5, 5.41) is 9.00. The Labute approximate surface area is 204 Å². The first kappa shape index (κ1) is 23.4. The third-order valence-electron chi connectivity index (χ3n) is 5.44. The van der Waals surface area contributed by atoms with Crippen molar-refractivity contribution in [1.82, 2.24) is 20.4 Å². The molecular formula is C25H27ClN4O2S. The Kier molecular flexibility index (Phi) is 7.42. The van der Waals surface area contributed by atoms with E-state index in [-0.39, 0.29) is 12.1 Å². The molecule has 1 N–H and O–H groups in total. The lowest BCUT2D eigenvalue weighted by Crippen LogP contribution is -2.46. The lowest BCUT2D eigenvalue weighted by Gasteiger charge is -2.37. The van der Waals surface area contributed by atoms with Gasteiger partial charge in [-0.05, 0) is 57.1 Å². The van der Waals surface area contributed by atoms with Gasteiger partial charge in [0, 0.05) is 29.4 Å². The number of benzene rings is 2. The fraction of sp³-hybridized carbons (Fsp3) is 0.320. The number of ether oxygens (including phenoxy) is 1. The smallest absolute Gasteiger partial charge is 0.258 e. The van der Waals surface area contributed by atoms with Crippen LogP contribution in [0, 0.1) is 0 Å². The number of aromatic nitrogens is 2. The van der Waals surface area contributed by atoms with Crippen molar-refractivity contribution in [1.29, 1.82) is 0 Å². The van der Waals surface area contributed by atoms with Crippen molar-refractivity contribution in [3.05, 3.63) is 76.8 Å². The molecule has 1 unspecified atom stereocenters. The second-order valence-electron chi connectivity index (χ2n) is 8.15. The SMILES string of the molecule is CC1=C(c2nc(-c3ccccc3)no2)C(c2cccc(Cl)c2)NC(=S)N1CCCOC(C)C. The quantitative estimate of drug-likeness (QED) is 0.318. The van der Waals surface area contributed by atoms with Crippen LogP contribution in [0.25, 0.3) is 17.0 Å². The molecule has 1 atom stereocenters. The maximum atomic E-state index is 6.30. The van der Waals surface area contributed by atoms with E-state index in [2.05, 4.69) is 15.4 Å². The third-order valence-corrected chi connectivity index (χ3v) is 6.02. The van der Waals surface area contributed by atoms with Crippen LogP contribution in [0.2, 0.25) is 5.02 Å². The molecule has 3 aromatic rings. The van der Waals surface area contributed by atoms with Gasteiger partial charge in [0.1, 0.15) is 0 Å². The minimum absolute atomic E-state index is 0.200. The normalized spacial score (nSPS) is 16.5. The minimum atomic E-state index is -0.261. The molecule has 0 bridgehead atoms. The van der Waals surface area contributed by atoms with Gasteiger partial charge in [0.2, 0.25) is 5.82 Å². The predicted octanol–water partition coefficient (Wildman–Crippen LogP) is 5.87. The summed E-state index contributed by atoms with van der Waals surface area (Å²) in [5.74, 6) is 0.996. The zero-order valence-corrected chi connectivity index (χ0v) is 20.5. The number of allylic oxidation sites excluding steroid dienone is 1. The molecular weight excluding hydrogens is 456 g/mol. The van der Waals surface area contributed by atoms with Crippen LogP contribution in [0.4, 0.5) is 0 Å². The minimum Gasteiger partial charge on any atom is -0.379 e. The van der Waals surface area contributed by atoms with E-state index in [4.69, 9.17) is 38.1 Å². The Balaban J connectivity index is 1.71. The van der Waals surface area contributed by atoms with Crippen LogP contribution in [-0.4, -0.2) is 39.4 Å². The molecule has 0 aliphatic carbocycles. The lowest BCUT2D eigenvalue weighted by molar-refractivity contribution is 0.0749. The van der Waals surface area contributed by atoms with Crippen molar-refractivity contribution in [2.75, 3.05) is 13.2 Å². The van der Waals surface area contributed by atoms with Crippen LogP contribution >= 0.6 is 23.8 Å². The molecule has 172 valence electrons. The van der Waals surface area contributed by atoms with Gasteiger partial charge in [-0.3, -0.25) is 0 Å². The first-order chi connectivity index (χ1) is 15.9. The number of thiocarbonyl (C=S) groups is 1. The van der Waals surface area contributed by atoms with E-state index in [1.54, 1.807) is 0 Å². The maximum Gasteiger partial charge on any atom is 0.258 e. The van der Waals surface area contributed by atoms with E-state index in [1.807, 2.05) is 75.4 Å². The highest BCUT2D eigenvalue weighted by Crippen LogP contribution is 2.38. The highest BCUT2D eigenvalue weighted by atomic mass is 35.5. The van der Waals surface area contributed by atoms with Crippen LogP contribution in [-0.2, 0) is 4.74 Å². The monoisotopic (exact) mass is 482 g/mol. The fourth-order valence-corrected chi connectivity index (χ4v) is 4.39. The van der Waals surface area contributed by atoms with Crippen molar-refractivity contribution in [2.45, 2.75) is 39.3 Å². The van der Waals surface area contributed by atoms with Crippen LogP contribution in [0.1, 0.15) is 44.7 Å². The van der Waals surface area contributed by atoms with Gasteiger partial charge in [0.05, 0.1) is 17.7 Å². The second kappa shape index (κ2) is 10.5. The Morgan fingerprint density at radius 1 is 1.18 bits per heavy atom. The van der Waals surface area contributed by atoms with Crippen molar-refractivity contribution in [2.24, 2.45) is 0 Å². The largest absolute Gasteiger partial charge is 0.379 e. The standard InChI is InChI=1S/C25H27ClN4O2S/c1-16(2)31-14-8-13-30-17(3)21(22(27-25(30)33)19-11-7-12-20(26)15-19)24-28-23(29-32-24)18-9-5-4-6-10-18/h4-7,9-12,15-16,22H,8,13-14H2,1-3H3,(H,27,33). The van der Waals surface area contributed by atoms with Gasteiger partial charge in [-0.1, -0.05) is 59.2 Å². The van der Waals surface area contributed by atoms with Crippen molar-refractivity contribution in [3.8, 4) is 11.4 Å². The molecule has 33 heavy (non-hydrogen) atoms. The van der Waals surface area contributed by atoms with Gasteiger partial charge in [0.15, 0.2) is 5.11 Å². The summed E-state index contributed by atoms with van der Waals surface area (Å²) in [6.07, 6.45) is 1.04. The van der Waals surface area contributed by atoms with Gasteiger partial charge >= 0.3 is 0 Å². The Morgan fingerprint density at radius 3 is 2.70 bits per heavy atom. The number of halogens is 1. The van der Waals surface area contributed by atoms with Crippen molar-refractivity contribution in [3.63, 3.8) is 0 Å². The number of hydrogen-bond donors (Lipinski definition) is 1. The predicted molar refractivity (Wildman–Crippen MR) is 135 cm³/mol. The van der Waals surface area contributed by atoms with Crippen molar-refractivity contribution < 1.29 is 9.26 Å². The molecule has 0 amide bonds. The summed E-state index contributed by atoms with van der Waals surface area (Å²) < 4.78 is 11.5. The number of hydrogen-bond acceptors (Lipinski definition) is 5. The molecule has 1 aliphatic rings. The van der Waals surface area contributed by atoms with E-state index < -0.39 is 0 Å². The highest BCUT2D eigenvalue weighted by molar-refractivity contribution is 7.80. The topological polar surface area (TPSA) is 63.4 Å². The second-order valence-corrected chi connectivity index (χ2v) is 8.97. The molecule has 1 aromatic heterocycles. The first-order valence-electron chi connectivity index (χ1n) is 11.0. The maximum absolute atomic E-state index is 6.30. The Morgan fingerprint density at radius 2 is 1.97 bits per heavy atom. The summed E-state index contributed by atoms with van der Waals surface area (Å²) in [6, 6.07) is 17.2. The van der Waals surface area contributed by atoms with Gasteiger partial charge in [-0.2, -0.15) is 4.98 Å². The lowest BCUT2D eigenvalue weighted by atomic mass is 9.94. The zero-order chi connectivity index (χ0) is 23.4. The number of nitrogens with zero attached hydrogens (tertiary/aromatic N) is 3. The van der Waals surface area contributed by atoms with Crippen LogP contribution in [0.15, 0.2) is 64.8 Å². The van der Waals surface area contributed by atoms with Gasteiger partial charge < -0.3 is 19.5 Å².